The number of aliphatic hydroxyl groups is 2. The number of allylic oxidation sites excluding steroid dienone is 18. The van der Waals surface area contributed by atoms with Crippen molar-refractivity contribution >= 4 is 33.6 Å². The second-order valence-corrected chi connectivity index (χ2v) is 23.3. The molecule has 0 saturated carbocycles. The fourth-order valence-corrected chi connectivity index (χ4v) is 9.31. The van der Waals surface area contributed by atoms with Crippen LogP contribution < -0.4 is 0 Å². The van der Waals surface area contributed by atoms with E-state index in [0.29, 0.717) is 19.3 Å². The first-order valence-electron chi connectivity index (χ1n) is 31.2. The summed E-state index contributed by atoms with van der Waals surface area (Å²) in [7, 11) is -9.78. The molecule has 5 unspecified atom stereocenters. The van der Waals surface area contributed by atoms with Crippen molar-refractivity contribution in [1.82, 2.24) is 0 Å². The van der Waals surface area contributed by atoms with E-state index in [2.05, 4.69) is 130 Å². The van der Waals surface area contributed by atoms with Crippen LogP contribution in [0.15, 0.2) is 109 Å². The van der Waals surface area contributed by atoms with Crippen LogP contribution >= 0.6 is 15.6 Å². The van der Waals surface area contributed by atoms with E-state index < -0.39 is 91.5 Å². The SMILES string of the molecule is CC/C=C\C/C=C\C/C=C\C/C=C\CCCCCCC(=O)OCC(O)COP(=O)(O)OCC(O)COP(=O)(O)OCC(COC(=O)CCCCCC/C=C\C/C=C\C/C=C\C/C=C\CC)OC(=O)CCCCCCC/C=C\CCCCCC. The van der Waals surface area contributed by atoms with Gasteiger partial charge < -0.3 is 34.2 Å². The summed E-state index contributed by atoms with van der Waals surface area (Å²) >= 11 is 0. The van der Waals surface area contributed by atoms with Crippen molar-refractivity contribution in [3.8, 4) is 0 Å². The first-order chi connectivity index (χ1) is 40.2. The van der Waals surface area contributed by atoms with Gasteiger partial charge >= 0.3 is 33.6 Å². The molecule has 476 valence electrons. The van der Waals surface area contributed by atoms with Crippen LogP contribution in [0.1, 0.15) is 226 Å². The molecular weight excluding hydrogens is 1100 g/mol. The van der Waals surface area contributed by atoms with Crippen molar-refractivity contribution in [2.75, 3.05) is 39.6 Å². The maximum atomic E-state index is 12.9. The molecule has 5 atom stereocenters. The highest BCUT2D eigenvalue weighted by atomic mass is 31.2. The first-order valence-corrected chi connectivity index (χ1v) is 34.2. The van der Waals surface area contributed by atoms with Crippen molar-refractivity contribution in [3.63, 3.8) is 0 Å². The van der Waals surface area contributed by atoms with E-state index in [1.165, 1.54) is 25.7 Å². The number of hydrogen-bond acceptors (Lipinski definition) is 14. The van der Waals surface area contributed by atoms with Crippen LogP contribution in [0, 0.1) is 0 Å². The largest absolute Gasteiger partial charge is 0.472 e. The topological polar surface area (TPSA) is 231 Å². The monoisotopic (exact) mass is 1210 g/mol. The quantitative estimate of drug-likeness (QED) is 0.0146. The van der Waals surface area contributed by atoms with Gasteiger partial charge in [-0.2, -0.15) is 0 Å². The van der Waals surface area contributed by atoms with E-state index in [9.17, 15) is 43.5 Å². The molecule has 0 amide bonds. The number of phosphoric ester groups is 2. The Morgan fingerprint density at radius 1 is 0.349 bits per heavy atom. The second kappa shape index (κ2) is 58.6. The van der Waals surface area contributed by atoms with Crippen molar-refractivity contribution in [2.45, 2.75) is 245 Å². The molecular formula is C65H110O16P2. The van der Waals surface area contributed by atoms with Gasteiger partial charge in [0.25, 0.3) is 0 Å². The normalized spacial score (nSPS) is 15.1. The summed E-state index contributed by atoms with van der Waals surface area (Å²) < 4.78 is 60.6. The molecule has 0 radical (unpaired) electrons. The zero-order chi connectivity index (χ0) is 61.0. The minimum Gasteiger partial charge on any atom is -0.463 e. The number of esters is 3. The number of carbonyl (C=O) groups is 3. The Hall–Kier alpha value is -3.79. The second-order valence-electron chi connectivity index (χ2n) is 20.4. The Labute approximate surface area is 500 Å². The number of unbranched alkanes of at least 4 members (excludes halogenated alkanes) is 17. The molecule has 4 N–H and O–H groups in total. The zero-order valence-corrected chi connectivity index (χ0v) is 52.9. The van der Waals surface area contributed by atoms with E-state index in [-0.39, 0.29) is 19.3 Å². The number of phosphoric acid groups is 2. The highest BCUT2D eigenvalue weighted by Gasteiger charge is 2.29. The standard InChI is InChI=1S/C65H110O16P2/c1-4-7-10-13-16-19-22-25-27-29-31-34-36-39-42-45-48-51-63(68)75-54-60(66)55-77-82(71,72)78-56-61(67)57-79-83(73,74)80-59-62(81-65(70)53-50-47-44-41-38-33-24-21-18-15-12-9-6-3)58-76-64(69)52-49-46-43-40-37-35-32-30-28-26-23-20-17-14-11-8-5-2/h7-8,10-11,16-17,19-21,24-28,31-32,34-35,60-62,66-67H,4-6,9,12-15,18,22-23,29-30,33,36-59H2,1-3H3,(H,71,72)(H,73,74)/b10-7-,11-8-,19-16-,20-17-,24-21-,27-25-,28-26-,34-31-,35-32-. The summed E-state index contributed by atoms with van der Waals surface area (Å²) in [6.45, 7) is 2.32. The van der Waals surface area contributed by atoms with E-state index in [1.54, 1.807) is 0 Å². The Kier molecular flexibility index (Phi) is 55.9. The van der Waals surface area contributed by atoms with Gasteiger partial charge in [0.2, 0.25) is 0 Å². The molecule has 83 heavy (non-hydrogen) atoms. The summed E-state index contributed by atoms with van der Waals surface area (Å²) in [5, 5.41) is 20.5. The zero-order valence-electron chi connectivity index (χ0n) is 51.1. The average Bonchev–Trinajstić information content (AvgIpc) is 3.46. The van der Waals surface area contributed by atoms with Crippen LogP contribution in [0.3, 0.4) is 0 Å². The summed E-state index contributed by atoms with van der Waals surface area (Å²) in [6.07, 6.45) is 62.9. The van der Waals surface area contributed by atoms with E-state index in [1.807, 2.05) is 0 Å². The van der Waals surface area contributed by atoms with Crippen molar-refractivity contribution in [1.29, 1.82) is 0 Å². The molecule has 0 aliphatic rings. The minimum atomic E-state index is -4.93. The average molecular weight is 1210 g/mol. The molecule has 0 heterocycles. The van der Waals surface area contributed by atoms with Crippen molar-refractivity contribution in [2.24, 2.45) is 0 Å². The highest BCUT2D eigenvalue weighted by Crippen LogP contribution is 2.45. The molecule has 0 bridgehead atoms. The van der Waals surface area contributed by atoms with E-state index in [0.717, 1.165) is 141 Å². The lowest BCUT2D eigenvalue weighted by Gasteiger charge is -2.21. The molecule has 0 aromatic heterocycles. The number of aliphatic hydroxyl groups excluding tert-OH is 2. The molecule has 0 rings (SSSR count). The lowest BCUT2D eigenvalue weighted by molar-refractivity contribution is -0.161. The van der Waals surface area contributed by atoms with Gasteiger partial charge in [-0.3, -0.25) is 32.5 Å². The predicted molar refractivity (Wildman–Crippen MR) is 334 cm³/mol. The van der Waals surface area contributed by atoms with Gasteiger partial charge in [0.05, 0.1) is 26.4 Å². The molecule has 0 aromatic carbocycles. The van der Waals surface area contributed by atoms with E-state index in [4.69, 9.17) is 32.3 Å². The van der Waals surface area contributed by atoms with E-state index >= 15 is 0 Å². The fraction of sp³-hybridized carbons (Fsp3) is 0.677. The lowest BCUT2D eigenvalue weighted by atomic mass is 10.1. The molecule has 0 aliphatic heterocycles. The lowest BCUT2D eigenvalue weighted by Crippen LogP contribution is -2.30. The molecule has 0 aromatic rings. The number of carbonyl (C=O) groups excluding carboxylic acids is 3. The van der Waals surface area contributed by atoms with Crippen LogP contribution in [0.5, 0.6) is 0 Å². The molecule has 0 fully saturated rings. The fourth-order valence-electron chi connectivity index (χ4n) is 7.72. The van der Waals surface area contributed by atoms with Gasteiger partial charge in [-0.25, -0.2) is 9.13 Å². The van der Waals surface area contributed by atoms with Crippen LogP contribution in [0.2, 0.25) is 0 Å². The summed E-state index contributed by atoms with van der Waals surface area (Å²) in [4.78, 5) is 58.2. The number of ether oxygens (including phenoxy) is 3. The smallest absolute Gasteiger partial charge is 0.463 e. The summed E-state index contributed by atoms with van der Waals surface area (Å²) in [5.74, 6) is -1.64. The van der Waals surface area contributed by atoms with Gasteiger partial charge in [-0.15, -0.1) is 0 Å². The Morgan fingerprint density at radius 3 is 1.02 bits per heavy atom. The third kappa shape index (κ3) is 59.7. The van der Waals surface area contributed by atoms with Crippen molar-refractivity contribution in [3.05, 3.63) is 109 Å². The number of rotatable bonds is 58. The molecule has 16 nitrogen and oxygen atoms in total. The summed E-state index contributed by atoms with van der Waals surface area (Å²) in [6, 6.07) is 0. The predicted octanol–water partition coefficient (Wildman–Crippen LogP) is 16.5. The number of hydrogen-bond donors (Lipinski definition) is 4. The molecule has 0 saturated heterocycles. The molecule has 18 heteroatoms. The molecule has 0 spiro atoms. The van der Waals surface area contributed by atoms with Gasteiger partial charge in [0.15, 0.2) is 6.10 Å². The Balaban J connectivity index is 4.74. The summed E-state index contributed by atoms with van der Waals surface area (Å²) in [5.41, 5.74) is 0. The Bertz CT molecular complexity index is 1960. The van der Waals surface area contributed by atoms with Gasteiger partial charge in [0.1, 0.15) is 25.4 Å². The third-order valence-electron chi connectivity index (χ3n) is 12.5. The minimum absolute atomic E-state index is 0.0860. The first kappa shape index (κ1) is 79.2. The van der Waals surface area contributed by atoms with Crippen molar-refractivity contribution < 1.29 is 75.8 Å². The highest BCUT2D eigenvalue weighted by molar-refractivity contribution is 7.47. The molecule has 0 aliphatic carbocycles. The third-order valence-corrected chi connectivity index (χ3v) is 14.4. The van der Waals surface area contributed by atoms with Crippen LogP contribution in [-0.4, -0.2) is 95.9 Å². The maximum Gasteiger partial charge on any atom is 0.472 e. The van der Waals surface area contributed by atoms with Gasteiger partial charge in [-0.05, 0) is 122 Å². The van der Waals surface area contributed by atoms with Gasteiger partial charge in [0, 0.05) is 19.3 Å². The van der Waals surface area contributed by atoms with Gasteiger partial charge in [-0.1, -0.05) is 194 Å². The van der Waals surface area contributed by atoms with Crippen LogP contribution in [0.25, 0.3) is 0 Å². The van der Waals surface area contributed by atoms with Crippen LogP contribution in [-0.2, 0) is 55.8 Å². The Morgan fingerprint density at radius 2 is 0.639 bits per heavy atom. The maximum absolute atomic E-state index is 12.9. The van der Waals surface area contributed by atoms with Crippen LogP contribution in [0.4, 0.5) is 0 Å².